The van der Waals surface area contributed by atoms with E-state index in [2.05, 4.69) is 15.4 Å². The molecule has 3 aliphatic heterocycles. The van der Waals surface area contributed by atoms with Crippen molar-refractivity contribution >= 4 is 44.9 Å². The van der Waals surface area contributed by atoms with Crippen LogP contribution >= 0.6 is 0 Å². The largest absolute Gasteiger partial charge is 0.471 e. The second-order valence-corrected chi connectivity index (χ2v) is 18.6. The first-order chi connectivity index (χ1) is 26.4. The summed E-state index contributed by atoms with van der Waals surface area (Å²) in [4.78, 5) is 67.6. The van der Waals surface area contributed by atoms with E-state index in [0.29, 0.717) is 55.6 Å². The Balaban J connectivity index is 1.14. The van der Waals surface area contributed by atoms with Crippen molar-refractivity contribution < 1.29 is 37.1 Å². The monoisotopic (exact) mass is 774 g/mol. The number of hydrogen-bond acceptors (Lipinski definition) is 10. The molecule has 3 bridgehead atoms. The van der Waals surface area contributed by atoms with E-state index in [0.717, 1.165) is 50.5 Å². The molecule has 2 aromatic rings. The molecule has 0 spiro atoms. The number of allylic oxidation sites excluding steroid dienone is 1. The van der Waals surface area contributed by atoms with Crippen LogP contribution in [0.3, 0.4) is 0 Å². The molecule has 7 atom stereocenters. The Hall–Kier alpha value is -4.53. The molecule has 8 rings (SSSR count). The summed E-state index contributed by atoms with van der Waals surface area (Å²) >= 11 is 0. The first-order valence-electron chi connectivity index (χ1n) is 19.9. The quantitative estimate of drug-likeness (QED) is 0.383. The number of benzene rings is 1. The van der Waals surface area contributed by atoms with Crippen molar-refractivity contribution in [2.75, 3.05) is 6.54 Å². The van der Waals surface area contributed by atoms with Crippen LogP contribution in [-0.4, -0.2) is 88.2 Å². The number of carbonyl (C=O) groups is 4. The van der Waals surface area contributed by atoms with Gasteiger partial charge in [0.2, 0.25) is 27.7 Å². The summed E-state index contributed by atoms with van der Waals surface area (Å²) in [6.07, 6.45) is 14.8. The first kappa shape index (κ1) is 37.4. The highest BCUT2D eigenvalue weighted by molar-refractivity contribution is 7.91. The highest BCUT2D eigenvalue weighted by atomic mass is 32.2. The molecule has 0 radical (unpaired) electrons. The summed E-state index contributed by atoms with van der Waals surface area (Å²) in [5, 5.41) is 5.73. The summed E-state index contributed by atoms with van der Waals surface area (Å²) in [5.74, 6) is -1.94. The topological polar surface area (TPSA) is 186 Å². The Morgan fingerprint density at radius 2 is 1.71 bits per heavy atom. The van der Waals surface area contributed by atoms with Crippen molar-refractivity contribution in [3.63, 3.8) is 0 Å². The summed E-state index contributed by atoms with van der Waals surface area (Å²) in [7, 11) is -4.02. The van der Waals surface area contributed by atoms with Gasteiger partial charge in [-0.3, -0.25) is 19.1 Å². The molecule has 14 nitrogen and oxygen atoms in total. The van der Waals surface area contributed by atoms with E-state index in [1.807, 2.05) is 36.4 Å². The number of hydrogen-bond donors (Lipinski definition) is 3. The van der Waals surface area contributed by atoms with Gasteiger partial charge in [0.05, 0.1) is 22.3 Å². The van der Waals surface area contributed by atoms with E-state index in [1.165, 1.54) is 11.0 Å². The number of alkyl carbamates (subject to hydrolysis) is 1. The number of para-hydroxylation sites is 2. The number of nitrogens with one attached hydrogen (secondary N) is 3. The van der Waals surface area contributed by atoms with Crippen LogP contribution in [0.1, 0.15) is 96.1 Å². The third-order valence-corrected chi connectivity index (χ3v) is 14.4. The lowest BCUT2D eigenvalue weighted by atomic mass is 9.73. The van der Waals surface area contributed by atoms with Crippen molar-refractivity contribution in [3.05, 3.63) is 54.3 Å². The van der Waals surface area contributed by atoms with Crippen LogP contribution in [0.2, 0.25) is 0 Å². The van der Waals surface area contributed by atoms with Crippen molar-refractivity contribution in [2.45, 2.75) is 131 Å². The van der Waals surface area contributed by atoms with Gasteiger partial charge in [-0.2, -0.15) is 0 Å². The Kier molecular flexibility index (Phi) is 10.1. The molecule has 3 N–H and O–H groups in total. The minimum atomic E-state index is -4.02. The molecule has 7 unspecified atom stereocenters. The van der Waals surface area contributed by atoms with Crippen molar-refractivity contribution in [3.8, 4) is 5.88 Å². The summed E-state index contributed by atoms with van der Waals surface area (Å²) < 4.78 is 40.1. The van der Waals surface area contributed by atoms with Gasteiger partial charge in [0.1, 0.15) is 35.5 Å². The third kappa shape index (κ3) is 7.68. The van der Waals surface area contributed by atoms with Crippen LogP contribution in [0.4, 0.5) is 4.79 Å². The number of aromatic nitrogens is 2. The van der Waals surface area contributed by atoms with Gasteiger partial charge in [-0.25, -0.2) is 23.2 Å². The van der Waals surface area contributed by atoms with Gasteiger partial charge in [0.25, 0.3) is 5.91 Å². The predicted octanol–water partition coefficient (Wildman–Crippen LogP) is 4.14. The molecule has 294 valence electrons. The number of fused-ring (bicyclic) bond motifs is 6. The fraction of sp³-hybridized carbons (Fsp3) is 0.600. The molecular weight excluding hydrogens is 725 g/mol. The fourth-order valence-corrected chi connectivity index (χ4v) is 9.54. The minimum absolute atomic E-state index is 0.00783. The standard InChI is InChI=1S/C40H50N6O8S/c1-39(20-21-39)55(51,52)45-37(49)40-19-18-26(40)13-7-3-2-4-8-17-31-36(48)46-24-27(23-32(46)34(47)44-40)53-35-30(41-28-14-10-11-15-29(28)42-35)16-9-5-6-12-25-22-33(25)54-38(50)43-31/h7,10-11,13-15,18-19,25-27,31-33H,2-6,8-9,12,16-17,20-24H2,1H3,(H,43,50)(H,44,47)(H,45,49). The minimum Gasteiger partial charge on any atom is -0.471 e. The summed E-state index contributed by atoms with van der Waals surface area (Å²) in [6.45, 7) is 1.60. The van der Waals surface area contributed by atoms with Gasteiger partial charge in [-0.15, -0.1) is 0 Å². The first-order valence-corrected chi connectivity index (χ1v) is 21.4. The fourth-order valence-electron chi connectivity index (χ4n) is 8.24. The van der Waals surface area contributed by atoms with Gasteiger partial charge in [-0.05, 0) is 82.8 Å². The molecule has 2 saturated carbocycles. The normalized spacial score (nSPS) is 32.3. The van der Waals surface area contributed by atoms with Gasteiger partial charge >= 0.3 is 6.09 Å². The Labute approximate surface area is 321 Å². The van der Waals surface area contributed by atoms with E-state index >= 15 is 0 Å². The van der Waals surface area contributed by atoms with Crippen LogP contribution in [0, 0.1) is 11.8 Å². The zero-order valence-corrected chi connectivity index (χ0v) is 32.0. The third-order valence-electron chi connectivity index (χ3n) is 12.3. The summed E-state index contributed by atoms with van der Waals surface area (Å²) in [5.41, 5.74) is 0.404. The molecule has 3 aliphatic carbocycles. The molecule has 1 aromatic carbocycles. The molecule has 4 amide bonds. The lowest BCUT2D eigenvalue weighted by Crippen LogP contribution is -2.67. The number of rotatable bonds is 3. The second kappa shape index (κ2) is 14.8. The lowest BCUT2D eigenvalue weighted by Gasteiger charge is -2.42. The number of nitrogens with zero attached hydrogens (tertiary/aromatic N) is 3. The van der Waals surface area contributed by atoms with Crippen molar-refractivity contribution in [1.29, 1.82) is 0 Å². The van der Waals surface area contributed by atoms with Crippen LogP contribution < -0.4 is 20.1 Å². The summed E-state index contributed by atoms with van der Waals surface area (Å²) in [6, 6.07) is 5.48. The zero-order valence-electron chi connectivity index (χ0n) is 31.2. The average Bonchev–Trinajstić information content (AvgIpc) is 4.04. The molecule has 1 aromatic heterocycles. The van der Waals surface area contributed by atoms with Crippen LogP contribution in [0.15, 0.2) is 48.6 Å². The zero-order chi connectivity index (χ0) is 38.4. The molecule has 15 heteroatoms. The second-order valence-electron chi connectivity index (χ2n) is 16.4. The molecule has 3 fully saturated rings. The van der Waals surface area contributed by atoms with Crippen LogP contribution in [0.5, 0.6) is 5.88 Å². The number of carbonyl (C=O) groups excluding carboxylic acids is 4. The lowest BCUT2D eigenvalue weighted by molar-refractivity contribution is -0.142. The van der Waals surface area contributed by atoms with E-state index in [-0.39, 0.29) is 25.0 Å². The number of amides is 4. The smallest absolute Gasteiger partial charge is 0.408 e. The van der Waals surface area contributed by atoms with Crippen molar-refractivity contribution in [1.82, 2.24) is 30.2 Å². The molecular formula is C40H50N6O8S. The number of aryl methyl sites for hydroxylation is 1. The number of ether oxygens (including phenoxy) is 2. The van der Waals surface area contributed by atoms with E-state index < -0.39 is 68.2 Å². The Morgan fingerprint density at radius 3 is 2.47 bits per heavy atom. The maximum Gasteiger partial charge on any atom is 0.408 e. The van der Waals surface area contributed by atoms with Gasteiger partial charge in [-0.1, -0.05) is 62.1 Å². The van der Waals surface area contributed by atoms with Gasteiger partial charge < -0.3 is 25.0 Å². The predicted molar refractivity (Wildman–Crippen MR) is 202 cm³/mol. The molecule has 4 heterocycles. The highest BCUT2D eigenvalue weighted by Crippen LogP contribution is 2.43. The maximum atomic E-state index is 14.6. The van der Waals surface area contributed by atoms with E-state index in [4.69, 9.17) is 19.4 Å². The molecule has 6 aliphatic rings. The Morgan fingerprint density at radius 1 is 0.945 bits per heavy atom. The van der Waals surface area contributed by atoms with Crippen LogP contribution in [-0.2, 0) is 35.6 Å². The van der Waals surface area contributed by atoms with Gasteiger partial charge in [0.15, 0.2) is 0 Å². The SMILES string of the molecule is CC1(S(=O)(=O)NC(=O)C23C=CC2C=CCCCCCC2NC(=O)OC4CC4CCCCCc4nc5ccccc5nc4OC4CC(C(=O)N3)N(C4)C2=O)CC1. The highest BCUT2D eigenvalue weighted by Gasteiger charge is 2.56. The average molecular weight is 775 g/mol. The Bertz CT molecular complexity index is 2030. The van der Waals surface area contributed by atoms with Gasteiger partial charge in [0, 0.05) is 12.3 Å². The maximum absolute atomic E-state index is 14.6. The molecule has 1 saturated heterocycles. The number of sulfonamides is 1. The van der Waals surface area contributed by atoms with Crippen LogP contribution in [0.25, 0.3) is 11.0 Å². The van der Waals surface area contributed by atoms with Crippen molar-refractivity contribution in [2.24, 2.45) is 11.8 Å². The van der Waals surface area contributed by atoms with E-state index in [1.54, 1.807) is 13.0 Å². The van der Waals surface area contributed by atoms with E-state index in [9.17, 15) is 27.6 Å². The molecule has 55 heavy (non-hydrogen) atoms.